The van der Waals surface area contributed by atoms with Gasteiger partial charge >= 0.3 is 5.97 Å². The highest BCUT2D eigenvalue weighted by molar-refractivity contribution is 5.98. The molecule has 37 heavy (non-hydrogen) atoms. The molecule has 1 amide bonds. The number of hydrogen-bond donors (Lipinski definition) is 2. The number of hydrogen-bond acceptors (Lipinski definition) is 7. The van der Waals surface area contributed by atoms with Crippen molar-refractivity contribution in [3.63, 3.8) is 0 Å². The lowest BCUT2D eigenvalue weighted by Gasteiger charge is -2.31. The van der Waals surface area contributed by atoms with E-state index in [1.165, 1.54) is 24.9 Å². The summed E-state index contributed by atoms with van der Waals surface area (Å²) in [7, 11) is 1.37. The summed E-state index contributed by atoms with van der Waals surface area (Å²) in [6.45, 7) is 2.22. The van der Waals surface area contributed by atoms with Gasteiger partial charge in [-0.3, -0.25) is 4.79 Å². The highest BCUT2D eigenvalue weighted by Gasteiger charge is 2.35. The third-order valence-electron chi connectivity index (χ3n) is 6.69. The second-order valence-electron chi connectivity index (χ2n) is 9.22. The Labute approximate surface area is 216 Å². The zero-order chi connectivity index (χ0) is 26.2. The number of carbonyl (C=O) groups excluding carboxylic acids is 2. The summed E-state index contributed by atoms with van der Waals surface area (Å²) in [6, 6.07) is 20.6. The number of benzene rings is 2. The van der Waals surface area contributed by atoms with Gasteiger partial charge in [-0.2, -0.15) is 0 Å². The smallest absolute Gasteiger partial charge is 0.331 e. The molecule has 1 aromatic heterocycles. The van der Waals surface area contributed by atoms with Gasteiger partial charge < -0.3 is 24.6 Å². The Kier molecular flexibility index (Phi) is 8.74. The van der Waals surface area contributed by atoms with Crippen molar-refractivity contribution >= 4 is 11.9 Å². The number of pyridine rings is 1. The van der Waals surface area contributed by atoms with Crippen LogP contribution in [0.15, 0.2) is 72.9 Å². The number of ether oxygens (including phenoxy) is 3. The number of esters is 1. The Morgan fingerprint density at radius 1 is 1.03 bits per heavy atom. The van der Waals surface area contributed by atoms with Gasteiger partial charge in [0, 0.05) is 18.2 Å². The monoisotopic (exact) mass is 504 g/mol. The van der Waals surface area contributed by atoms with Crippen molar-refractivity contribution in [2.45, 2.75) is 31.9 Å². The second kappa shape index (κ2) is 12.4. The third kappa shape index (κ3) is 6.65. The molecule has 2 N–H and O–H groups in total. The molecule has 1 aliphatic rings. The molecule has 0 unspecified atom stereocenters. The van der Waals surface area contributed by atoms with E-state index in [0.29, 0.717) is 6.61 Å². The Morgan fingerprint density at radius 2 is 1.68 bits per heavy atom. The van der Waals surface area contributed by atoms with Gasteiger partial charge in [0.15, 0.2) is 23.2 Å². The maximum atomic E-state index is 13.1. The standard InChI is InChI=1S/C29H32N2O6/c1-19-23(16-21-11-7-4-8-12-21)22(15-20-9-5-3-6-10-20)17-36-18-24(29(34)37-19)31-28(33)26-27(32)25(35-2)13-14-30-26/h3-14,19,22-24,32H,15-18H2,1-2H3,(H,31,33)/t19-,22-,23-,24-/m0/s1. The first-order valence-corrected chi connectivity index (χ1v) is 12.3. The molecule has 194 valence electrons. The summed E-state index contributed by atoms with van der Waals surface area (Å²) in [5.74, 6) is -1.56. The first-order chi connectivity index (χ1) is 18.0. The van der Waals surface area contributed by atoms with Crippen LogP contribution in [0.25, 0.3) is 0 Å². The highest BCUT2D eigenvalue weighted by atomic mass is 16.6. The molecule has 8 nitrogen and oxygen atoms in total. The summed E-state index contributed by atoms with van der Waals surface area (Å²) in [6.07, 6.45) is 2.40. The van der Waals surface area contributed by atoms with Crippen LogP contribution in [0.3, 0.4) is 0 Å². The Bertz CT molecular complexity index is 1190. The molecule has 0 bridgehead atoms. The summed E-state index contributed by atoms with van der Waals surface area (Å²) >= 11 is 0. The Balaban J connectivity index is 1.54. The minimum atomic E-state index is -1.06. The Morgan fingerprint density at radius 3 is 2.32 bits per heavy atom. The molecule has 1 saturated heterocycles. The molecule has 2 aromatic carbocycles. The summed E-state index contributed by atoms with van der Waals surface area (Å²) in [5, 5.41) is 12.9. The number of amides is 1. The topological polar surface area (TPSA) is 107 Å². The van der Waals surface area contributed by atoms with Gasteiger partial charge in [-0.05, 0) is 36.8 Å². The molecule has 1 fully saturated rings. The molecule has 0 aliphatic carbocycles. The van der Waals surface area contributed by atoms with E-state index in [-0.39, 0.29) is 29.9 Å². The van der Waals surface area contributed by atoms with Crippen LogP contribution in [0.5, 0.6) is 11.5 Å². The SMILES string of the molecule is COc1ccnc(C(=O)N[C@H]2COC[C@H](Cc3ccccc3)[C@@H](Cc3ccccc3)[C@H](C)OC2=O)c1O. The largest absolute Gasteiger partial charge is 0.503 e. The quantitative estimate of drug-likeness (QED) is 0.474. The van der Waals surface area contributed by atoms with Crippen molar-refractivity contribution in [3.05, 3.63) is 89.7 Å². The van der Waals surface area contributed by atoms with Gasteiger partial charge in [0.2, 0.25) is 0 Å². The predicted octanol–water partition coefficient (Wildman–Crippen LogP) is 3.57. The minimum absolute atomic E-state index is 0.00916. The number of aromatic hydroxyl groups is 1. The van der Waals surface area contributed by atoms with Crippen molar-refractivity contribution in [1.29, 1.82) is 0 Å². The average molecular weight is 505 g/mol. The summed E-state index contributed by atoms with van der Waals surface area (Å²) < 4.78 is 17.0. The molecule has 4 rings (SSSR count). The van der Waals surface area contributed by atoms with Gasteiger partial charge in [0.05, 0.1) is 20.3 Å². The van der Waals surface area contributed by atoms with Crippen molar-refractivity contribution in [3.8, 4) is 11.5 Å². The van der Waals surface area contributed by atoms with E-state index in [9.17, 15) is 14.7 Å². The molecule has 0 radical (unpaired) electrons. The van der Waals surface area contributed by atoms with Crippen LogP contribution in [-0.4, -0.2) is 54.4 Å². The van der Waals surface area contributed by atoms with E-state index in [0.717, 1.165) is 18.4 Å². The normalized spacial score (nSPS) is 22.2. The van der Waals surface area contributed by atoms with Crippen molar-refractivity contribution in [2.75, 3.05) is 20.3 Å². The van der Waals surface area contributed by atoms with E-state index >= 15 is 0 Å². The maximum Gasteiger partial charge on any atom is 0.331 e. The number of rotatable bonds is 7. The minimum Gasteiger partial charge on any atom is -0.503 e. The van der Waals surface area contributed by atoms with Gasteiger partial charge in [0.1, 0.15) is 6.10 Å². The molecule has 0 saturated carbocycles. The lowest BCUT2D eigenvalue weighted by atomic mass is 9.80. The average Bonchev–Trinajstić information content (AvgIpc) is 2.95. The van der Waals surface area contributed by atoms with Crippen molar-refractivity contribution in [2.24, 2.45) is 11.8 Å². The number of nitrogens with one attached hydrogen (secondary N) is 1. The molecular formula is C29H32N2O6. The first kappa shape index (κ1) is 26.2. The fraction of sp³-hybridized carbons (Fsp3) is 0.345. The van der Waals surface area contributed by atoms with Crippen LogP contribution < -0.4 is 10.1 Å². The molecule has 2 heterocycles. The van der Waals surface area contributed by atoms with E-state index in [1.54, 1.807) is 0 Å². The predicted molar refractivity (Wildman–Crippen MR) is 137 cm³/mol. The summed E-state index contributed by atoms with van der Waals surface area (Å²) in [5.41, 5.74) is 2.08. The fourth-order valence-electron chi connectivity index (χ4n) is 4.71. The van der Waals surface area contributed by atoms with Crippen LogP contribution in [0.4, 0.5) is 0 Å². The molecule has 1 aliphatic heterocycles. The van der Waals surface area contributed by atoms with Crippen molar-refractivity contribution < 1.29 is 28.9 Å². The van der Waals surface area contributed by atoms with Gasteiger partial charge in [-0.1, -0.05) is 60.7 Å². The lowest BCUT2D eigenvalue weighted by molar-refractivity contribution is -0.153. The number of methoxy groups -OCH3 is 1. The number of cyclic esters (lactones) is 1. The number of carbonyl (C=O) groups is 2. The third-order valence-corrected chi connectivity index (χ3v) is 6.69. The zero-order valence-corrected chi connectivity index (χ0v) is 21.0. The molecule has 4 atom stereocenters. The van der Waals surface area contributed by atoms with Crippen LogP contribution >= 0.6 is 0 Å². The molecule has 8 heteroatoms. The molecule has 0 spiro atoms. The van der Waals surface area contributed by atoms with E-state index in [1.807, 2.05) is 43.3 Å². The van der Waals surface area contributed by atoms with E-state index in [2.05, 4.69) is 34.6 Å². The zero-order valence-electron chi connectivity index (χ0n) is 21.0. The van der Waals surface area contributed by atoms with Gasteiger partial charge in [-0.25, -0.2) is 9.78 Å². The second-order valence-corrected chi connectivity index (χ2v) is 9.22. The number of aromatic nitrogens is 1. The van der Waals surface area contributed by atoms with Crippen LogP contribution in [-0.2, 0) is 27.1 Å². The number of nitrogens with zero attached hydrogens (tertiary/aromatic N) is 1. The van der Waals surface area contributed by atoms with Crippen LogP contribution in [0, 0.1) is 11.8 Å². The van der Waals surface area contributed by atoms with Crippen LogP contribution in [0.1, 0.15) is 28.5 Å². The van der Waals surface area contributed by atoms with E-state index in [4.69, 9.17) is 14.2 Å². The summed E-state index contributed by atoms with van der Waals surface area (Å²) in [4.78, 5) is 30.0. The molecule has 3 aromatic rings. The maximum absolute atomic E-state index is 13.1. The lowest BCUT2D eigenvalue weighted by Crippen LogP contribution is -2.46. The first-order valence-electron chi connectivity index (χ1n) is 12.3. The van der Waals surface area contributed by atoms with Crippen molar-refractivity contribution in [1.82, 2.24) is 10.3 Å². The molecular weight excluding hydrogens is 472 g/mol. The fourth-order valence-corrected chi connectivity index (χ4v) is 4.71. The highest BCUT2D eigenvalue weighted by Crippen LogP contribution is 2.30. The van der Waals surface area contributed by atoms with Crippen LogP contribution in [0.2, 0.25) is 0 Å². The van der Waals surface area contributed by atoms with Gasteiger partial charge in [-0.15, -0.1) is 0 Å². The van der Waals surface area contributed by atoms with Gasteiger partial charge in [0.25, 0.3) is 5.91 Å². The Hall–Kier alpha value is -3.91. The van der Waals surface area contributed by atoms with E-state index < -0.39 is 29.8 Å².